The van der Waals surface area contributed by atoms with Crippen LogP contribution in [0.25, 0.3) is 0 Å². The lowest BCUT2D eigenvalue weighted by atomic mass is 9.98. The van der Waals surface area contributed by atoms with Crippen LogP contribution >= 0.6 is 11.8 Å². The number of anilines is 1. The fraction of sp³-hybridized carbons (Fsp3) is 0.241. The second-order valence-corrected chi connectivity index (χ2v) is 10.4. The first-order valence-corrected chi connectivity index (χ1v) is 12.9. The summed E-state index contributed by atoms with van der Waals surface area (Å²) >= 11 is 1.32. The molecule has 2 heterocycles. The zero-order valence-electron chi connectivity index (χ0n) is 20.6. The van der Waals surface area contributed by atoms with Gasteiger partial charge in [-0.1, -0.05) is 78.0 Å². The van der Waals surface area contributed by atoms with E-state index in [1.165, 1.54) is 17.3 Å². The molecule has 0 saturated carbocycles. The Morgan fingerprint density at radius 1 is 1.00 bits per heavy atom. The van der Waals surface area contributed by atoms with Crippen LogP contribution in [0.3, 0.4) is 0 Å². The van der Waals surface area contributed by atoms with Crippen molar-refractivity contribution in [1.82, 2.24) is 5.01 Å². The molecule has 1 N–H and O–H groups in total. The minimum atomic E-state index is -0.568. The van der Waals surface area contributed by atoms with Crippen molar-refractivity contribution in [3.63, 3.8) is 0 Å². The largest absolute Gasteiger partial charge is 0.326 e. The molecule has 2 atom stereocenters. The van der Waals surface area contributed by atoms with Crippen LogP contribution in [0.15, 0.2) is 82.9 Å². The summed E-state index contributed by atoms with van der Waals surface area (Å²) in [6, 6.07) is 24.2. The number of nitrogens with zero attached hydrogens (tertiary/aromatic N) is 3. The molecule has 0 saturated heterocycles. The van der Waals surface area contributed by atoms with Crippen LogP contribution in [-0.4, -0.2) is 33.0 Å². The predicted octanol–water partition coefficient (Wildman–Crippen LogP) is 5.79. The Morgan fingerprint density at radius 3 is 2.47 bits per heavy atom. The van der Waals surface area contributed by atoms with Gasteiger partial charge in [0.1, 0.15) is 5.25 Å². The molecule has 2 aliphatic heterocycles. The molecule has 3 aromatic rings. The summed E-state index contributed by atoms with van der Waals surface area (Å²) < 4.78 is 0. The first-order valence-electron chi connectivity index (χ1n) is 12.0. The molecule has 3 aromatic carbocycles. The third-order valence-electron chi connectivity index (χ3n) is 6.57. The number of hydrogen-bond donors (Lipinski definition) is 1. The maximum Gasteiger partial charge on any atom is 0.262 e. The molecule has 6 nitrogen and oxygen atoms in total. The number of rotatable bonds is 5. The quantitative estimate of drug-likeness (QED) is 0.485. The van der Waals surface area contributed by atoms with Crippen LogP contribution in [-0.2, 0) is 9.59 Å². The smallest absolute Gasteiger partial charge is 0.262 e. The normalized spacial score (nSPS) is 19.3. The minimum Gasteiger partial charge on any atom is -0.326 e. The molecule has 0 bridgehead atoms. The molecule has 0 unspecified atom stereocenters. The van der Waals surface area contributed by atoms with Crippen molar-refractivity contribution in [2.75, 3.05) is 5.32 Å². The molecule has 7 heteroatoms. The van der Waals surface area contributed by atoms with Crippen molar-refractivity contribution in [2.45, 2.75) is 44.9 Å². The second kappa shape index (κ2) is 10.1. The molecule has 182 valence electrons. The number of benzene rings is 3. The van der Waals surface area contributed by atoms with Crippen molar-refractivity contribution in [2.24, 2.45) is 10.1 Å². The van der Waals surface area contributed by atoms with Gasteiger partial charge in [0.25, 0.3) is 5.91 Å². The summed E-state index contributed by atoms with van der Waals surface area (Å²) in [5, 5.41) is 9.65. The van der Waals surface area contributed by atoms with Gasteiger partial charge in [-0.3, -0.25) is 9.59 Å². The summed E-state index contributed by atoms with van der Waals surface area (Å²) in [7, 11) is 0. The summed E-state index contributed by atoms with van der Waals surface area (Å²) in [4.78, 5) is 29.9. The summed E-state index contributed by atoms with van der Waals surface area (Å²) in [5.41, 5.74) is 7.31. The van der Waals surface area contributed by atoms with E-state index in [9.17, 15) is 9.59 Å². The minimum absolute atomic E-state index is 0.0573. The number of aryl methyl sites for hydroxylation is 3. The number of carbonyl (C=O) groups excluding carboxylic acids is 2. The fourth-order valence-electron chi connectivity index (χ4n) is 4.35. The Balaban J connectivity index is 1.33. The Labute approximate surface area is 215 Å². The summed E-state index contributed by atoms with van der Waals surface area (Å²) in [6.45, 7) is 6.10. The standard InChI is InChI=1S/C29H28N4O2S/c1-18-9-12-21(13-10-18)24-16-25(22-7-5-4-6-8-22)33(32-24)29-31-28(35)26(36-29)17-27(34)30-23-14-11-19(2)20(3)15-23/h4-15,25-26H,16-17H2,1-3H3,(H,30,34)/t25-,26-/m1/s1. The van der Waals surface area contributed by atoms with Gasteiger partial charge in [0.15, 0.2) is 5.17 Å². The van der Waals surface area contributed by atoms with E-state index in [4.69, 9.17) is 5.10 Å². The zero-order valence-corrected chi connectivity index (χ0v) is 21.4. The number of thioether (sulfide) groups is 1. The van der Waals surface area contributed by atoms with Crippen LogP contribution in [0.2, 0.25) is 0 Å². The lowest BCUT2D eigenvalue weighted by molar-refractivity contribution is -0.121. The van der Waals surface area contributed by atoms with Crippen molar-refractivity contribution in [1.29, 1.82) is 0 Å². The van der Waals surface area contributed by atoms with E-state index in [1.807, 2.05) is 55.3 Å². The highest BCUT2D eigenvalue weighted by Crippen LogP contribution is 2.38. The topological polar surface area (TPSA) is 74.1 Å². The summed E-state index contributed by atoms with van der Waals surface area (Å²) in [5.74, 6) is -0.499. The van der Waals surface area contributed by atoms with E-state index in [-0.39, 0.29) is 24.3 Å². The van der Waals surface area contributed by atoms with Crippen molar-refractivity contribution < 1.29 is 9.59 Å². The van der Waals surface area contributed by atoms with Gasteiger partial charge < -0.3 is 5.32 Å². The van der Waals surface area contributed by atoms with Gasteiger partial charge in [-0.15, -0.1) is 0 Å². The average molecular weight is 497 g/mol. The molecule has 0 aliphatic carbocycles. The van der Waals surface area contributed by atoms with Gasteiger partial charge in [-0.25, -0.2) is 5.01 Å². The molecule has 2 amide bonds. The van der Waals surface area contributed by atoms with E-state index in [0.717, 1.165) is 33.7 Å². The van der Waals surface area contributed by atoms with Crippen molar-refractivity contribution in [3.05, 3.63) is 101 Å². The van der Waals surface area contributed by atoms with E-state index >= 15 is 0 Å². The molecule has 0 aromatic heterocycles. The van der Waals surface area contributed by atoms with Gasteiger partial charge in [0.05, 0.1) is 11.8 Å². The monoisotopic (exact) mass is 496 g/mol. The van der Waals surface area contributed by atoms with E-state index in [1.54, 1.807) is 0 Å². The van der Waals surface area contributed by atoms with Crippen LogP contribution < -0.4 is 5.32 Å². The van der Waals surface area contributed by atoms with Gasteiger partial charge >= 0.3 is 0 Å². The van der Waals surface area contributed by atoms with Gasteiger partial charge in [-0.2, -0.15) is 10.1 Å². The van der Waals surface area contributed by atoms with Gasteiger partial charge in [0, 0.05) is 18.5 Å². The van der Waals surface area contributed by atoms with Gasteiger partial charge in [0.2, 0.25) is 5.91 Å². The molecular formula is C29H28N4O2S. The molecule has 0 fully saturated rings. The third-order valence-corrected chi connectivity index (χ3v) is 7.71. The maximum atomic E-state index is 12.8. The Hall–Kier alpha value is -3.71. The van der Waals surface area contributed by atoms with Crippen LogP contribution in [0.4, 0.5) is 5.69 Å². The molecule has 36 heavy (non-hydrogen) atoms. The lowest BCUT2D eigenvalue weighted by Gasteiger charge is -2.23. The Kier molecular flexibility index (Phi) is 6.74. The molecular weight excluding hydrogens is 468 g/mol. The highest BCUT2D eigenvalue weighted by atomic mass is 32.2. The van der Waals surface area contributed by atoms with Crippen LogP contribution in [0.1, 0.15) is 46.7 Å². The number of hydrogen-bond acceptors (Lipinski definition) is 5. The highest BCUT2D eigenvalue weighted by molar-refractivity contribution is 8.15. The molecule has 0 spiro atoms. The number of amidine groups is 1. The first-order chi connectivity index (χ1) is 17.4. The number of hydrazone groups is 1. The highest BCUT2D eigenvalue weighted by Gasteiger charge is 2.39. The summed E-state index contributed by atoms with van der Waals surface area (Å²) in [6.07, 6.45) is 0.764. The lowest BCUT2D eigenvalue weighted by Crippen LogP contribution is -2.25. The first kappa shape index (κ1) is 24.0. The molecule has 5 rings (SSSR count). The number of aliphatic imine (C=N–C) groups is 1. The fourth-order valence-corrected chi connectivity index (χ4v) is 5.41. The number of amides is 2. The second-order valence-electron chi connectivity index (χ2n) is 9.28. The average Bonchev–Trinajstić information content (AvgIpc) is 3.46. The van der Waals surface area contributed by atoms with E-state index in [2.05, 4.69) is 53.6 Å². The van der Waals surface area contributed by atoms with Gasteiger partial charge in [-0.05, 0) is 55.2 Å². The van der Waals surface area contributed by atoms with E-state index in [0.29, 0.717) is 11.6 Å². The maximum absolute atomic E-state index is 12.8. The van der Waals surface area contributed by atoms with Crippen LogP contribution in [0, 0.1) is 20.8 Å². The van der Waals surface area contributed by atoms with Crippen molar-refractivity contribution >= 4 is 40.1 Å². The third kappa shape index (κ3) is 5.11. The predicted molar refractivity (Wildman–Crippen MR) is 146 cm³/mol. The number of carbonyl (C=O) groups is 2. The SMILES string of the molecule is Cc1ccc(C2=NN(C3=NC(=O)[C@@H](CC(=O)Nc4ccc(C)c(C)c4)S3)[C@@H](c3ccccc3)C2)cc1. The zero-order chi connectivity index (χ0) is 25.2. The van der Waals surface area contributed by atoms with E-state index < -0.39 is 5.25 Å². The number of nitrogens with one attached hydrogen (secondary N) is 1. The van der Waals surface area contributed by atoms with Crippen molar-refractivity contribution in [3.8, 4) is 0 Å². The Bertz CT molecular complexity index is 1370. The molecule has 0 radical (unpaired) electrons. The Morgan fingerprint density at radius 2 is 1.75 bits per heavy atom. The van der Waals surface area contributed by atoms with Crippen LogP contribution in [0.5, 0.6) is 0 Å². The molecule has 2 aliphatic rings.